The van der Waals surface area contributed by atoms with Crippen molar-refractivity contribution < 1.29 is 14.3 Å². The number of ether oxygens (including phenoxy) is 2. The van der Waals surface area contributed by atoms with Crippen LogP contribution in [0.25, 0.3) is 0 Å². The number of aromatic nitrogens is 2. The Labute approximate surface area is 170 Å². The normalized spacial score (nSPS) is 22.0. The van der Waals surface area contributed by atoms with Crippen molar-refractivity contribution in [3.63, 3.8) is 0 Å². The topological polar surface area (TPSA) is 101 Å². The van der Waals surface area contributed by atoms with E-state index in [0.29, 0.717) is 31.6 Å². The summed E-state index contributed by atoms with van der Waals surface area (Å²) in [4.78, 5) is 27.8. The van der Waals surface area contributed by atoms with Crippen LogP contribution in [0.15, 0.2) is 22.8 Å². The van der Waals surface area contributed by atoms with Gasteiger partial charge < -0.3 is 25.0 Å². The quantitative estimate of drug-likeness (QED) is 0.777. The van der Waals surface area contributed by atoms with Gasteiger partial charge in [-0.05, 0) is 30.4 Å². The predicted molar refractivity (Wildman–Crippen MR) is 109 cm³/mol. The van der Waals surface area contributed by atoms with Crippen LogP contribution < -0.4 is 10.6 Å². The molecule has 3 aliphatic heterocycles. The molecule has 1 saturated heterocycles. The third-order valence-corrected chi connectivity index (χ3v) is 5.49. The van der Waals surface area contributed by atoms with Crippen LogP contribution in [-0.4, -0.2) is 72.8 Å². The lowest BCUT2D eigenvalue weighted by Crippen LogP contribution is -2.44. The zero-order chi connectivity index (χ0) is 20.1. The van der Waals surface area contributed by atoms with Crippen LogP contribution in [-0.2, 0) is 22.4 Å². The van der Waals surface area contributed by atoms with E-state index in [2.05, 4.69) is 31.7 Å². The maximum absolute atomic E-state index is 12.6. The summed E-state index contributed by atoms with van der Waals surface area (Å²) in [5, 5.41) is 6.38. The number of carbonyl (C=O) groups excluding carboxylic acids is 1. The number of aliphatic imine (C=N–C) groups is 1. The molecule has 0 radical (unpaired) electrons. The fourth-order valence-electron chi connectivity index (χ4n) is 3.68. The third-order valence-electron chi connectivity index (χ3n) is 5.49. The monoisotopic (exact) mass is 400 g/mol. The standard InChI is InChI=1S/C20H28N6O3/c1-28-18-3-2-14(10-21-18)11-23-20(27)26-7-4-15-12-22-19(25-17(15)13-26)24-16-5-8-29-9-6-16/h2,10,12,16,18H,3-9,11,13H2,1H3,(H,23,27)(H,22,24,25). The Kier molecular flexibility index (Phi) is 6.36. The first-order valence-corrected chi connectivity index (χ1v) is 10.2. The minimum atomic E-state index is -0.114. The van der Waals surface area contributed by atoms with Gasteiger partial charge in [-0.2, -0.15) is 0 Å². The van der Waals surface area contributed by atoms with E-state index >= 15 is 0 Å². The highest BCUT2D eigenvalue weighted by Gasteiger charge is 2.23. The van der Waals surface area contributed by atoms with Gasteiger partial charge in [-0.3, -0.25) is 4.99 Å². The number of hydrogen-bond donors (Lipinski definition) is 2. The molecule has 1 fully saturated rings. The molecule has 1 aromatic heterocycles. The second-order valence-electron chi connectivity index (χ2n) is 7.51. The molecular formula is C20H28N6O3. The van der Waals surface area contributed by atoms with E-state index in [1.807, 2.05) is 6.20 Å². The summed E-state index contributed by atoms with van der Waals surface area (Å²) in [5.41, 5.74) is 3.02. The maximum atomic E-state index is 12.6. The number of rotatable bonds is 5. The minimum Gasteiger partial charge on any atom is -0.381 e. The van der Waals surface area contributed by atoms with Gasteiger partial charge in [-0.25, -0.2) is 14.8 Å². The second kappa shape index (κ2) is 9.32. The van der Waals surface area contributed by atoms with Crippen LogP contribution in [0, 0.1) is 0 Å². The first kappa shape index (κ1) is 19.8. The molecule has 4 rings (SSSR count). The molecule has 9 nitrogen and oxygen atoms in total. The Balaban J connectivity index is 1.31. The van der Waals surface area contributed by atoms with Gasteiger partial charge in [-0.1, -0.05) is 6.08 Å². The number of carbonyl (C=O) groups is 1. The maximum Gasteiger partial charge on any atom is 0.318 e. The summed E-state index contributed by atoms with van der Waals surface area (Å²) in [5.74, 6) is 0.633. The molecule has 4 heterocycles. The van der Waals surface area contributed by atoms with E-state index < -0.39 is 0 Å². The van der Waals surface area contributed by atoms with Gasteiger partial charge >= 0.3 is 6.03 Å². The van der Waals surface area contributed by atoms with E-state index in [1.54, 1.807) is 18.2 Å². The smallest absolute Gasteiger partial charge is 0.318 e. The van der Waals surface area contributed by atoms with Crippen molar-refractivity contribution >= 4 is 18.2 Å². The Morgan fingerprint density at radius 2 is 2.24 bits per heavy atom. The van der Waals surface area contributed by atoms with E-state index in [4.69, 9.17) is 9.47 Å². The summed E-state index contributed by atoms with van der Waals surface area (Å²) in [6, 6.07) is 0.254. The van der Waals surface area contributed by atoms with Crippen molar-refractivity contribution in [1.82, 2.24) is 20.2 Å². The van der Waals surface area contributed by atoms with E-state index in [0.717, 1.165) is 55.7 Å². The summed E-state index contributed by atoms with van der Waals surface area (Å²) >= 11 is 0. The molecule has 2 N–H and O–H groups in total. The van der Waals surface area contributed by atoms with Crippen molar-refractivity contribution in [2.24, 2.45) is 4.99 Å². The number of hydrogen-bond acceptors (Lipinski definition) is 7. The van der Waals surface area contributed by atoms with Crippen molar-refractivity contribution in [2.45, 2.75) is 44.5 Å². The SMILES string of the molecule is COC1CC=C(CNC(=O)N2CCc3cnc(NC4CCOCC4)nc3C2)C=N1. The van der Waals surface area contributed by atoms with Crippen LogP contribution in [0.1, 0.15) is 30.5 Å². The summed E-state index contributed by atoms with van der Waals surface area (Å²) in [6.07, 6.45) is 9.00. The summed E-state index contributed by atoms with van der Waals surface area (Å²) < 4.78 is 10.6. The highest BCUT2D eigenvalue weighted by Crippen LogP contribution is 2.19. The van der Waals surface area contributed by atoms with Gasteiger partial charge in [0.25, 0.3) is 0 Å². The Bertz CT molecular complexity index is 790. The Morgan fingerprint density at radius 1 is 1.38 bits per heavy atom. The molecule has 9 heteroatoms. The van der Waals surface area contributed by atoms with Crippen LogP contribution in [0.3, 0.4) is 0 Å². The zero-order valence-electron chi connectivity index (χ0n) is 16.8. The minimum absolute atomic E-state index is 0.0867. The van der Waals surface area contributed by atoms with Gasteiger partial charge in [0.1, 0.15) is 0 Å². The van der Waals surface area contributed by atoms with E-state index in [1.165, 1.54) is 0 Å². The number of fused-ring (bicyclic) bond motifs is 1. The number of nitrogens with zero attached hydrogens (tertiary/aromatic N) is 4. The molecule has 29 heavy (non-hydrogen) atoms. The molecule has 2 amide bonds. The number of amides is 2. The fraction of sp³-hybridized carbons (Fsp3) is 0.600. The molecule has 0 saturated carbocycles. The lowest BCUT2D eigenvalue weighted by atomic mass is 10.1. The van der Waals surface area contributed by atoms with Gasteiger partial charge in [0.15, 0.2) is 6.23 Å². The summed E-state index contributed by atoms with van der Waals surface area (Å²) in [7, 11) is 1.64. The van der Waals surface area contributed by atoms with Gasteiger partial charge in [0.2, 0.25) is 5.95 Å². The van der Waals surface area contributed by atoms with Crippen molar-refractivity contribution in [3.8, 4) is 0 Å². The number of dihydropyridines is 1. The first-order chi connectivity index (χ1) is 14.2. The Hall–Kier alpha value is -2.52. The molecule has 1 atom stereocenters. The van der Waals surface area contributed by atoms with Crippen LogP contribution in [0.2, 0.25) is 0 Å². The number of urea groups is 1. The van der Waals surface area contributed by atoms with Crippen molar-refractivity contribution in [1.29, 1.82) is 0 Å². The van der Waals surface area contributed by atoms with E-state index in [-0.39, 0.29) is 12.3 Å². The van der Waals surface area contributed by atoms with Crippen LogP contribution >= 0.6 is 0 Å². The molecule has 0 aromatic carbocycles. The largest absolute Gasteiger partial charge is 0.381 e. The average Bonchev–Trinajstić information content (AvgIpc) is 2.78. The van der Waals surface area contributed by atoms with Gasteiger partial charge in [0, 0.05) is 58.3 Å². The van der Waals surface area contributed by atoms with Crippen molar-refractivity contribution in [2.75, 3.05) is 38.7 Å². The average molecular weight is 400 g/mol. The molecule has 156 valence electrons. The predicted octanol–water partition coefficient (Wildman–Crippen LogP) is 1.51. The Morgan fingerprint density at radius 3 is 3.00 bits per heavy atom. The molecular weight excluding hydrogens is 372 g/mol. The van der Waals surface area contributed by atoms with Gasteiger partial charge in [-0.15, -0.1) is 0 Å². The van der Waals surface area contributed by atoms with E-state index in [9.17, 15) is 4.79 Å². The molecule has 0 bridgehead atoms. The highest BCUT2D eigenvalue weighted by atomic mass is 16.5. The number of nitrogens with one attached hydrogen (secondary N) is 2. The lowest BCUT2D eigenvalue weighted by molar-refractivity contribution is 0.0903. The molecule has 1 aromatic rings. The van der Waals surface area contributed by atoms with Crippen LogP contribution in [0.4, 0.5) is 10.7 Å². The zero-order valence-corrected chi connectivity index (χ0v) is 16.8. The lowest BCUT2D eigenvalue weighted by Gasteiger charge is -2.29. The molecule has 0 spiro atoms. The summed E-state index contributed by atoms with van der Waals surface area (Å²) in [6.45, 7) is 3.15. The van der Waals surface area contributed by atoms with Crippen molar-refractivity contribution in [3.05, 3.63) is 29.1 Å². The number of anilines is 1. The first-order valence-electron chi connectivity index (χ1n) is 10.2. The van der Waals surface area contributed by atoms with Gasteiger partial charge in [0.05, 0.1) is 12.2 Å². The van der Waals surface area contributed by atoms with Crippen LogP contribution in [0.5, 0.6) is 0 Å². The highest BCUT2D eigenvalue weighted by molar-refractivity contribution is 5.82. The fourth-order valence-corrected chi connectivity index (χ4v) is 3.68. The number of methoxy groups -OCH3 is 1. The second-order valence-corrected chi connectivity index (χ2v) is 7.51. The third kappa shape index (κ3) is 5.10. The molecule has 3 aliphatic rings. The molecule has 1 unspecified atom stereocenters. The molecule has 0 aliphatic carbocycles.